The molecule has 1 amide bonds. The lowest BCUT2D eigenvalue weighted by atomic mass is 9.77. The number of fused-ring (bicyclic) bond motifs is 2. The monoisotopic (exact) mass is 333 g/mol. The topological polar surface area (TPSA) is 39.3 Å². The molecule has 0 fully saturated rings. The van der Waals surface area contributed by atoms with Crippen molar-refractivity contribution < 1.29 is 4.79 Å². The Balaban J connectivity index is 1.83. The van der Waals surface area contributed by atoms with E-state index in [4.69, 9.17) is 7.85 Å². The Kier molecular flexibility index (Phi) is 3.99. The average Bonchev–Trinajstić information content (AvgIpc) is 2.93. The van der Waals surface area contributed by atoms with Gasteiger partial charge < -0.3 is 9.88 Å². The molecular weight excluding hydrogens is 309 g/mol. The molecule has 25 heavy (non-hydrogen) atoms. The SMILES string of the molecule is [B]c1[nH]c2cccc3c2c1C[C@@H]1C3=C[C@@H](C(=O)N(CC)CC)CN1C. The Morgan fingerprint density at radius 1 is 1.36 bits per heavy atom. The van der Waals surface area contributed by atoms with E-state index in [0.29, 0.717) is 0 Å². The van der Waals surface area contributed by atoms with Crippen molar-refractivity contribution in [2.45, 2.75) is 26.3 Å². The minimum atomic E-state index is -0.0794. The molecule has 1 aliphatic carbocycles. The first-order valence-corrected chi connectivity index (χ1v) is 9.15. The summed E-state index contributed by atoms with van der Waals surface area (Å²) in [5, 5.41) is 1.23. The molecule has 2 aliphatic rings. The molecule has 0 bridgehead atoms. The lowest BCUT2D eigenvalue weighted by Crippen LogP contribution is -2.48. The summed E-state index contributed by atoms with van der Waals surface area (Å²) < 4.78 is 0. The van der Waals surface area contributed by atoms with E-state index in [2.05, 4.69) is 41.2 Å². The molecular formula is C20H24BN3O. The predicted molar refractivity (Wildman–Crippen MR) is 103 cm³/mol. The van der Waals surface area contributed by atoms with Crippen molar-refractivity contribution in [1.82, 2.24) is 14.8 Å². The van der Waals surface area contributed by atoms with Crippen LogP contribution in [0.1, 0.15) is 25.0 Å². The van der Waals surface area contributed by atoms with Gasteiger partial charge in [0, 0.05) is 36.6 Å². The van der Waals surface area contributed by atoms with Gasteiger partial charge in [-0.3, -0.25) is 9.69 Å². The third-order valence-electron chi connectivity index (χ3n) is 5.82. The lowest BCUT2D eigenvalue weighted by molar-refractivity contribution is -0.134. The normalized spacial score (nSPS) is 22.6. The van der Waals surface area contributed by atoms with Crippen molar-refractivity contribution >= 4 is 35.8 Å². The average molecular weight is 333 g/mol. The second kappa shape index (κ2) is 6.06. The summed E-state index contributed by atoms with van der Waals surface area (Å²) in [7, 11) is 8.35. The number of nitrogens with one attached hydrogen (secondary N) is 1. The van der Waals surface area contributed by atoms with Crippen molar-refractivity contribution in [2.75, 3.05) is 26.7 Å². The van der Waals surface area contributed by atoms with Gasteiger partial charge in [-0.2, -0.15) is 0 Å². The number of hydrogen-bond acceptors (Lipinski definition) is 2. The van der Waals surface area contributed by atoms with E-state index < -0.39 is 0 Å². The molecule has 0 spiro atoms. The van der Waals surface area contributed by atoms with Gasteiger partial charge in [-0.25, -0.2) is 0 Å². The van der Waals surface area contributed by atoms with E-state index >= 15 is 0 Å². The Morgan fingerprint density at radius 2 is 2.12 bits per heavy atom. The number of nitrogens with zero attached hydrogens (tertiary/aromatic N) is 2. The molecule has 0 unspecified atom stereocenters. The molecule has 2 aromatic rings. The number of H-pyrrole nitrogens is 1. The van der Waals surface area contributed by atoms with Gasteiger partial charge in [0.1, 0.15) is 7.85 Å². The van der Waals surface area contributed by atoms with Crippen molar-refractivity contribution in [1.29, 1.82) is 0 Å². The zero-order valence-electron chi connectivity index (χ0n) is 15.2. The van der Waals surface area contributed by atoms with Crippen molar-refractivity contribution in [3.8, 4) is 0 Å². The first kappa shape index (κ1) is 16.5. The molecule has 4 rings (SSSR count). The second-order valence-electron chi connectivity index (χ2n) is 7.14. The van der Waals surface area contributed by atoms with Crippen LogP contribution in [0.2, 0.25) is 0 Å². The molecule has 1 N–H and O–H groups in total. The number of likely N-dealkylation sites (N-methyl/N-ethyl adjacent to an activating group) is 1. The number of carbonyl (C=O) groups is 1. The fourth-order valence-corrected chi connectivity index (χ4v) is 4.49. The largest absolute Gasteiger partial charge is 0.368 e. The van der Waals surface area contributed by atoms with Gasteiger partial charge in [0.05, 0.1) is 5.92 Å². The number of amides is 1. The molecule has 4 nitrogen and oxygen atoms in total. The van der Waals surface area contributed by atoms with Crippen LogP contribution < -0.4 is 5.59 Å². The van der Waals surface area contributed by atoms with Gasteiger partial charge >= 0.3 is 0 Å². The van der Waals surface area contributed by atoms with Gasteiger partial charge in [-0.1, -0.05) is 18.2 Å². The molecule has 2 radical (unpaired) electrons. The quantitative estimate of drug-likeness (QED) is 0.869. The molecule has 1 aliphatic heterocycles. The first-order valence-electron chi connectivity index (χ1n) is 9.15. The summed E-state index contributed by atoms with van der Waals surface area (Å²) >= 11 is 0. The highest BCUT2D eigenvalue weighted by atomic mass is 16.2. The van der Waals surface area contributed by atoms with Gasteiger partial charge in [0.15, 0.2) is 0 Å². The Morgan fingerprint density at radius 3 is 2.84 bits per heavy atom. The Labute approximate surface area is 150 Å². The molecule has 1 aromatic carbocycles. The fourth-order valence-electron chi connectivity index (χ4n) is 4.49. The minimum absolute atomic E-state index is 0.0794. The number of aromatic nitrogens is 1. The number of rotatable bonds is 3. The maximum Gasteiger partial charge on any atom is 0.230 e. The van der Waals surface area contributed by atoms with Crippen molar-refractivity contribution in [2.24, 2.45) is 5.92 Å². The smallest absolute Gasteiger partial charge is 0.230 e. The van der Waals surface area contributed by atoms with Gasteiger partial charge in [0.25, 0.3) is 0 Å². The van der Waals surface area contributed by atoms with Crippen LogP contribution in [0, 0.1) is 5.92 Å². The van der Waals surface area contributed by atoms with E-state index in [0.717, 1.165) is 37.2 Å². The second-order valence-corrected chi connectivity index (χ2v) is 7.14. The zero-order valence-corrected chi connectivity index (χ0v) is 15.2. The number of benzene rings is 1. The highest BCUT2D eigenvalue weighted by Crippen LogP contribution is 2.40. The molecule has 128 valence electrons. The molecule has 1 aromatic heterocycles. The predicted octanol–water partition coefficient (Wildman–Crippen LogP) is 1.70. The maximum atomic E-state index is 12.9. The Bertz CT molecular complexity index is 865. The van der Waals surface area contributed by atoms with E-state index in [1.54, 1.807) is 0 Å². The first-order chi connectivity index (χ1) is 12.0. The number of aromatic amines is 1. The van der Waals surface area contributed by atoms with Crippen LogP contribution in [-0.2, 0) is 11.2 Å². The summed E-state index contributed by atoms with van der Waals surface area (Å²) in [6.45, 7) is 6.37. The minimum Gasteiger partial charge on any atom is -0.368 e. The molecule has 2 atom stereocenters. The molecule has 0 saturated heterocycles. The van der Waals surface area contributed by atoms with Crippen LogP contribution in [0.25, 0.3) is 16.5 Å². The van der Waals surface area contributed by atoms with E-state index in [1.165, 1.54) is 22.1 Å². The highest BCUT2D eigenvalue weighted by molar-refractivity contribution is 6.34. The van der Waals surface area contributed by atoms with Crippen molar-refractivity contribution in [3.63, 3.8) is 0 Å². The summed E-state index contributed by atoms with van der Waals surface area (Å²) in [4.78, 5) is 20.5. The van der Waals surface area contributed by atoms with Crippen LogP contribution in [0.4, 0.5) is 0 Å². The van der Waals surface area contributed by atoms with Crippen LogP contribution >= 0.6 is 0 Å². The summed E-state index contributed by atoms with van der Waals surface area (Å²) in [5.41, 5.74) is 5.57. The van der Waals surface area contributed by atoms with Gasteiger partial charge in [-0.15, -0.1) is 0 Å². The van der Waals surface area contributed by atoms with Crippen molar-refractivity contribution in [3.05, 3.63) is 35.4 Å². The highest BCUT2D eigenvalue weighted by Gasteiger charge is 2.36. The maximum absolute atomic E-state index is 12.9. The molecule has 2 heterocycles. The van der Waals surface area contributed by atoms with E-state index in [9.17, 15) is 4.79 Å². The molecule has 5 heteroatoms. The van der Waals surface area contributed by atoms with Crippen LogP contribution in [0.15, 0.2) is 24.3 Å². The summed E-state index contributed by atoms with van der Waals surface area (Å²) in [5.74, 6) is 0.151. The van der Waals surface area contributed by atoms with Crippen LogP contribution in [0.5, 0.6) is 0 Å². The fraction of sp³-hybridized carbons (Fsp3) is 0.450. The number of hydrogen-bond donors (Lipinski definition) is 1. The molecule has 0 saturated carbocycles. The van der Waals surface area contributed by atoms with E-state index in [1.807, 2.05) is 18.7 Å². The van der Waals surface area contributed by atoms with Gasteiger partial charge in [0.2, 0.25) is 5.91 Å². The summed E-state index contributed by atoms with van der Waals surface area (Å²) in [6.07, 6.45) is 3.11. The third-order valence-corrected chi connectivity index (χ3v) is 5.82. The lowest BCUT2D eigenvalue weighted by Gasteiger charge is -2.40. The standard InChI is InChI=1S/C20H24BN3O/c1-4-24(5-2)20(25)12-9-14-13-7-6-8-16-18(13)15(19(21)22-16)10-17(14)23(3)11-12/h6-9,12,17,22H,4-5,10-11H2,1-3H3/t12-,17-/m1/s1. The Hall–Kier alpha value is -2.01. The third kappa shape index (κ3) is 2.44. The zero-order chi connectivity index (χ0) is 17.7. The summed E-state index contributed by atoms with van der Waals surface area (Å²) in [6, 6.07) is 6.59. The van der Waals surface area contributed by atoms with Crippen LogP contribution in [0.3, 0.4) is 0 Å². The van der Waals surface area contributed by atoms with Crippen LogP contribution in [-0.4, -0.2) is 61.3 Å². The van der Waals surface area contributed by atoms with Gasteiger partial charge in [-0.05, 0) is 55.7 Å². The number of carbonyl (C=O) groups excluding carboxylic acids is 1. The van der Waals surface area contributed by atoms with E-state index in [-0.39, 0.29) is 17.9 Å².